The Bertz CT molecular complexity index is 539. The van der Waals surface area contributed by atoms with Crippen LogP contribution in [0.25, 0.3) is 0 Å². The van der Waals surface area contributed by atoms with E-state index >= 15 is 0 Å². The normalized spacial score (nSPS) is 18.9. The van der Waals surface area contributed by atoms with Crippen molar-refractivity contribution in [1.29, 1.82) is 0 Å². The maximum Gasteiger partial charge on any atom is 0.511 e. The van der Waals surface area contributed by atoms with E-state index in [0.29, 0.717) is 48.0 Å². The number of hydrogen-bond donors (Lipinski definition) is 2. The second-order valence-electron chi connectivity index (χ2n) is 5.94. The largest absolute Gasteiger partial charge is 0.511 e. The monoisotopic (exact) mass is 532 g/mol. The Balaban J connectivity index is 0.00000625. The first kappa shape index (κ1) is 26.1. The van der Waals surface area contributed by atoms with E-state index in [1.807, 2.05) is 13.2 Å². The van der Waals surface area contributed by atoms with Crippen molar-refractivity contribution in [2.75, 3.05) is 39.0 Å². The molecule has 1 aliphatic rings. The summed E-state index contributed by atoms with van der Waals surface area (Å²) in [7, 11) is -5.21. The zero-order valence-electron chi connectivity index (χ0n) is 15.2. The molecule has 12 heteroatoms. The fraction of sp³-hybridized carbons (Fsp3) is 0.929. The molecule has 26 heavy (non-hydrogen) atoms. The number of nitrogens with one attached hydrogen (secondary N) is 2. The van der Waals surface area contributed by atoms with Crippen molar-refractivity contribution in [3.8, 4) is 0 Å². The highest BCUT2D eigenvalue weighted by atomic mass is 127. The molecule has 1 atom stereocenters. The maximum absolute atomic E-state index is 12.6. The fourth-order valence-corrected chi connectivity index (χ4v) is 3.59. The van der Waals surface area contributed by atoms with E-state index in [1.54, 1.807) is 11.8 Å². The Kier molecular flexibility index (Phi) is 11.8. The molecular formula is C14H28F3IN4O2S2. The summed E-state index contributed by atoms with van der Waals surface area (Å²) < 4.78 is 61.0. The maximum atomic E-state index is 12.6. The number of halogens is 4. The van der Waals surface area contributed by atoms with Gasteiger partial charge in [-0.15, -0.1) is 24.0 Å². The van der Waals surface area contributed by atoms with E-state index < -0.39 is 15.5 Å². The van der Waals surface area contributed by atoms with Gasteiger partial charge in [0, 0.05) is 31.4 Å². The number of nitrogens with zero attached hydrogens (tertiary/aromatic N) is 2. The molecule has 0 aromatic rings. The van der Waals surface area contributed by atoms with Gasteiger partial charge in [0.25, 0.3) is 0 Å². The molecule has 0 saturated carbocycles. The smallest absolute Gasteiger partial charge is 0.357 e. The average Bonchev–Trinajstić information content (AvgIpc) is 2.56. The van der Waals surface area contributed by atoms with Gasteiger partial charge in [0.15, 0.2) is 5.96 Å². The van der Waals surface area contributed by atoms with Gasteiger partial charge in [-0.25, -0.2) is 8.42 Å². The molecule has 1 unspecified atom stereocenters. The number of hydrogen-bond acceptors (Lipinski definition) is 4. The van der Waals surface area contributed by atoms with Crippen molar-refractivity contribution in [1.82, 2.24) is 14.9 Å². The minimum atomic E-state index is -5.23. The SMILES string of the molecule is CCNC(=NCC(C)SC)NCC1CCN(S(=O)(=O)C(F)(F)F)CC1.I. The second-order valence-corrected chi connectivity index (χ2v) is 9.15. The molecule has 1 rings (SSSR count). The summed E-state index contributed by atoms with van der Waals surface area (Å²) in [5.74, 6) is 0.787. The number of sulfonamides is 1. The van der Waals surface area contributed by atoms with Crippen LogP contribution in [0.3, 0.4) is 0 Å². The molecule has 156 valence electrons. The summed E-state index contributed by atoms with van der Waals surface area (Å²) in [5, 5.41) is 6.72. The van der Waals surface area contributed by atoms with E-state index in [2.05, 4.69) is 22.5 Å². The van der Waals surface area contributed by atoms with Crippen LogP contribution < -0.4 is 10.6 Å². The van der Waals surface area contributed by atoms with Crippen molar-refractivity contribution >= 4 is 51.7 Å². The highest BCUT2D eigenvalue weighted by molar-refractivity contribution is 14.0. The van der Waals surface area contributed by atoms with Crippen LogP contribution in [-0.2, 0) is 10.0 Å². The quantitative estimate of drug-likeness (QED) is 0.300. The number of guanidine groups is 1. The third-order valence-electron chi connectivity index (χ3n) is 4.02. The van der Waals surface area contributed by atoms with Gasteiger partial charge in [0.05, 0.1) is 6.54 Å². The molecule has 0 bridgehead atoms. The fourth-order valence-electron chi connectivity index (χ4n) is 2.38. The molecule has 1 aliphatic heterocycles. The molecule has 0 aliphatic carbocycles. The lowest BCUT2D eigenvalue weighted by molar-refractivity contribution is -0.0496. The zero-order valence-corrected chi connectivity index (χ0v) is 19.1. The number of aliphatic imine (C=N–C) groups is 1. The van der Waals surface area contributed by atoms with Gasteiger partial charge in [-0.05, 0) is 31.9 Å². The van der Waals surface area contributed by atoms with Gasteiger partial charge in [0.1, 0.15) is 0 Å². The Morgan fingerprint density at radius 3 is 2.35 bits per heavy atom. The van der Waals surface area contributed by atoms with Crippen LogP contribution >= 0.6 is 35.7 Å². The van der Waals surface area contributed by atoms with Gasteiger partial charge >= 0.3 is 15.5 Å². The highest BCUT2D eigenvalue weighted by Gasteiger charge is 2.50. The Morgan fingerprint density at radius 2 is 1.88 bits per heavy atom. The average molecular weight is 532 g/mol. The van der Waals surface area contributed by atoms with Crippen molar-refractivity contribution in [3.63, 3.8) is 0 Å². The number of thioether (sulfide) groups is 1. The van der Waals surface area contributed by atoms with Gasteiger partial charge in [0.2, 0.25) is 0 Å². The van der Waals surface area contributed by atoms with E-state index in [1.165, 1.54) is 0 Å². The van der Waals surface area contributed by atoms with Crippen molar-refractivity contribution in [2.24, 2.45) is 10.9 Å². The first-order valence-electron chi connectivity index (χ1n) is 8.23. The van der Waals surface area contributed by atoms with Crippen LogP contribution in [0.5, 0.6) is 0 Å². The van der Waals surface area contributed by atoms with Crippen LogP contribution in [0.4, 0.5) is 13.2 Å². The molecule has 0 aromatic heterocycles. The lowest BCUT2D eigenvalue weighted by Crippen LogP contribution is -2.47. The number of alkyl halides is 3. The Labute approximate surface area is 175 Å². The Hall–Kier alpha value is 0.0500. The molecule has 0 radical (unpaired) electrons. The van der Waals surface area contributed by atoms with E-state index in [-0.39, 0.29) is 43.0 Å². The van der Waals surface area contributed by atoms with E-state index in [0.717, 1.165) is 0 Å². The van der Waals surface area contributed by atoms with Gasteiger partial charge in [-0.2, -0.15) is 29.2 Å². The van der Waals surface area contributed by atoms with Crippen LogP contribution in [0.15, 0.2) is 4.99 Å². The highest BCUT2D eigenvalue weighted by Crippen LogP contribution is 2.30. The predicted octanol–water partition coefficient (Wildman–Crippen LogP) is 2.47. The van der Waals surface area contributed by atoms with Gasteiger partial charge in [-0.1, -0.05) is 6.92 Å². The topological polar surface area (TPSA) is 73.8 Å². The summed E-state index contributed by atoms with van der Waals surface area (Å²) in [6, 6.07) is 0. The molecule has 1 heterocycles. The molecule has 0 aromatic carbocycles. The van der Waals surface area contributed by atoms with Gasteiger partial charge in [-0.3, -0.25) is 4.99 Å². The molecule has 1 fully saturated rings. The third-order valence-corrected chi connectivity index (χ3v) is 6.60. The van der Waals surface area contributed by atoms with Crippen molar-refractivity contribution < 1.29 is 21.6 Å². The number of rotatable bonds is 7. The lowest BCUT2D eigenvalue weighted by Gasteiger charge is -2.31. The third kappa shape index (κ3) is 7.97. The minimum Gasteiger partial charge on any atom is -0.357 e. The molecule has 6 nitrogen and oxygen atoms in total. The van der Waals surface area contributed by atoms with Crippen molar-refractivity contribution in [2.45, 2.75) is 37.4 Å². The van der Waals surface area contributed by atoms with Crippen LogP contribution in [0, 0.1) is 5.92 Å². The van der Waals surface area contributed by atoms with E-state index in [4.69, 9.17) is 0 Å². The molecule has 1 saturated heterocycles. The number of piperidine rings is 1. The van der Waals surface area contributed by atoms with Crippen LogP contribution in [0.1, 0.15) is 26.7 Å². The summed E-state index contributed by atoms with van der Waals surface area (Å²) >= 11 is 1.72. The molecular weight excluding hydrogens is 504 g/mol. The van der Waals surface area contributed by atoms with Crippen LogP contribution in [0.2, 0.25) is 0 Å². The van der Waals surface area contributed by atoms with E-state index in [9.17, 15) is 21.6 Å². The first-order chi connectivity index (χ1) is 11.6. The minimum absolute atomic E-state index is 0. The summed E-state index contributed by atoms with van der Waals surface area (Å²) in [5.41, 5.74) is -5.23. The van der Waals surface area contributed by atoms with Crippen LogP contribution in [-0.4, -0.2) is 68.4 Å². The second kappa shape index (κ2) is 11.8. The molecule has 2 N–H and O–H groups in total. The Morgan fingerprint density at radius 1 is 1.31 bits per heavy atom. The summed E-state index contributed by atoms with van der Waals surface area (Å²) in [6.07, 6.45) is 2.80. The zero-order chi connectivity index (χ0) is 19.1. The molecule has 0 spiro atoms. The first-order valence-corrected chi connectivity index (χ1v) is 11.0. The standard InChI is InChI=1S/C14H27F3N4O2S2.HI/c1-4-18-13(19-9-11(2)24-3)20-10-12-5-7-21(8-6-12)25(22,23)14(15,16)17;/h11-12H,4-10H2,1-3H3,(H2,18,19,20);1H. The summed E-state index contributed by atoms with van der Waals surface area (Å²) in [4.78, 5) is 4.47. The predicted molar refractivity (Wildman–Crippen MR) is 112 cm³/mol. The van der Waals surface area contributed by atoms with Gasteiger partial charge < -0.3 is 10.6 Å². The van der Waals surface area contributed by atoms with Crippen molar-refractivity contribution in [3.05, 3.63) is 0 Å². The summed E-state index contributed by atoms with van der Waals surface area (Å²) in [6.45, 7) is 5.75. The lowest BCUT2D eigenvalue weighted by atomic mass is 9.98. The molecule has 0 amide bonds.